The number of nitrogens with zero attached hydrogens (tertiary/aromatic N) is 1. The Hall–Kier alpha value is -3.03. The molecule has 1 aliphatic heterocycles. The lowest BCUT2D eigenvalue weighted by Crippen LogP contribution is -2.45. The van der Waals surface area contributed by atoms with Gasteiger partial charge in [0.2, 0.25) is 11.8 Å². The van der Waals surface area contributed by atoms with Crippen LogP contribution in [0, 0.1) is 0 Å². The molecule has 0 radical (unpaired) electrons. The highest BCUT2D eigenvalue weighted by Gasteiger charge is 2.31. The minimum absolute atomic E-state index is 0.0678. The van der Waals surface area contributed by atoms with Gasteiger partial charge in [-0.2, -0.15) is 0 Å². The molecule has 1 fully saturated rings. The Labute approximate surface area is 186 Å². The van der Waals surface area contributed by atoms with Gasteiger partial charge in [-0.25, -0.2) is 0 Å². The summed E-state index contributed by atoms with van der Waals surface area (Å²) in [5, 5.41) is 5.93. The molecule has 2 heterocycles. The van der Waals surface area contributed by atoms with Crippen molar-refractivity contribution in [1.82, 2.24) is 10.2 Å². The Bertz CT molecular complexity index is 1010. The van der Waals surface area contributed by atoms with E-state index < -0.39 is 0 Å². The number of benzene rings is 2. The van der Waals surface area contributed by atoms with Gasteiger partial charge in [0.05, 0.1) is 31.1 Å². The number of furan rings is 1. The van der Waals surface area contributed by atoms with Crippen LogP contribution >= 0.6 is 11.8 Å². The second kappa shape index (κ2) is 10.3. The summed E-state index contributed by atoms with van der Waals surface area (Å²) in [6.07, 6.45) is 3.23. The van der Waals surface area contributed by atoms with Gasteiger partial charge >= 0.3 is 0 Å². The Morgan fingerprint density at radius 3 is 2.65 bits per heavy atom. The molecular weight excluding hydrogens is 410 g/mol. The first kappa shape index (κ1) is 21.2. The van der Waals surface area contributed by atoms with Crippen molar-refractivity contribution in [2.24, 2.45) is 0 Å². The smallest absolute Gasteiger partial charge is 0.238 e. The zero-order valence-electron chi connectivity index (χ0n) is 17.1. The topological polar surface area (TPSA) is 74.6 Å². The molecule has 31 heavy (non-hydrogen) atoms. The quantitative estimate of drug-likeness (QED) is 0.556. The fraction of sp³-hybridized carbons (Fsp3) is 0.250. The number of carbonyl (C=O) groups excluding carboxylic acids is 2. The van der Waals surface area contributed by atoms with Crippen molar-refractivity contribution in [3.63, 3.8) is 0 Å². The van der Waals surface area contributed by atoms with Crippen LogP contribution in [-0.2, 0) is 16.1 Å². The lowest BCUT2D eigenvalue weighted by atomic mass is 10.2. The molecule has 0 saturated carbocycles. The molecule has 160 valence electrons. The summed E-state index contributed by atoms with van der Waals surface area (Å²) in [6.45, 7) is 1.27. The van der Waals surface area contributed by atoms with Crippen LogP contribution in [0.5, 0.6) is 0 Å². The van der Waals surface area contributed by atoms with Gasteiger partial charge in [-0.3, -0.25) is 14.5 Å². The second-order valence-electron chi connectivity index (χ2n) is 7.39. The van der Waals surface area contributed by atoms with Crippen LogP contribution in [0.2, 0.25) is 0 Å². The molecule has 1 aliphatic rings. The van der Waals surface area contributed by atoms with Crippen molar-refractivity contribution in [1.29, 1.82) is 0 Å². The molecule has 1 atom stereocenters. The summed E-state index contributed by atoms with van der Waals surface area (Å²) in [5.41, 5.74) is 0.777. The lowest BCUT2D eigenvalue weighted by Gasteiger charge is -2.23. The molecule has 4 rings (SSSR count). The normalized spacial score (nSPS) is 16.2. The summed E-state index contributed by atoms with van der Waals surface area (Å²) in [7, 11) is 0. The van der Waals surface area contributed by atoms with E-state index in [0.29, 0.717) is 12.3 Å². The average Bonchev–Trinajstić information content (AvgIpc) is 3.46. The molecule has 2 amide bonds. The maximum absolute atomic E-state index is 12.8. The molecule has 0 bridgehead atoms. The predicted octanol–water partition coefficient (Wildman–Crippen LogP) is 4.15. The highest BCUT2D eigenvalue weighted by atomic mass is 32.2. The number of hydrogen-bond acceptors (Lipinski definition) is 5. The first-order chi connectivity index (χ1) is 15.2. The fourth-order valence-electron chi connectivity index (χ4n) is 3.67. The van der Waals surface area contributed by atoms with E-state index in [1.54, 1.807) is 24.1 Å². The third kappa shape index (κ3) is 5.77. The fourth-order valence-corrected chi connectivity index (χ4v) is 4.59. The zero-order chi connectivity index (χ0) is 21.5. The summed E-state index contributed by atoms with van der Waals surface area (Å²) in [4.78, 5) is 29.4. The third-order valence-electron chi connectivity index (χ3n) is 5.16. The van der Waals surface area contributed by atoms with Crippen LogP contribution in [0.25, 0.3) is 0 Å². The van der Waals surface area contributed by atoms with E-state index >= 15 is 0 Å². The van der Waals surface area contributed by atoms with Crippen LogP contribution < -0.4 is 10.6 Å². The molecule has 1 saturated heterocycles. The van der Waals surface area contributed by atoms with Crippen molar-refractivity contribution in [2.45, 2.75) is 35.2 Å². The molecule has 2 N–H and O–H groups in total. The molecule has 0 aliphatic carbocycles. The second-order valence-corrected chi connectivity index (χ2v) is 8.50. The van der Waals surface area contributed by atoms with Crippen molar-refractivity contribution >= 4 is 29.3 Å². The number of rotatable bonds is 8. The largest absolute Gasteiger partial charge is 0.467 e. The number of amides is 2. The van der Waals surface area contributed by atoms with E-state index in [1.165, 1.54) is 0 Å². The van der Waals surface area contributed by atoms with Gasteiger partial charge in [0, 0.05) is 9.79 Å². The maximum Gasteiger partial charge on any atom is 0.238 e. The van der Waals surface area contributed by atoms with Crippen LogP contribution in [0.3, 0.4) is 0 Å². The molecular formula is C24H25N3O3S. The Kier molecular flexibility index (Phi) is 7.07. The van der Waals surface area contributed by atoms with Gasteiger partial charge in [-0.05, 0) is 55.8 Å². The number of likely N-dealkylation sites (tertiary alicyclic amines) is 1. The van der Waals surface area contributed by atoms with Crippen LogP contribution in [0.15, 0.2) is 87.2 Å². The van der Waals surface area contributed by atoms with E-state index in [4.69, 9.17) is 4.42 Å². The molecule has 2 aromatic carbocycles. The highest BCUT2D eigenvalue weighted by molar-refractivity contribution is 7.99. The standard InChI is InChI=1S/C24H25N3O3S/c28-23(26-20-11-4-5-13-22(20)31-19-9-2-1-3-10-19)17-27-14-6-12-21(27)24(29)25-16-18-8-7-15-30-18/h1-5,7-11,13,15,21H,6,12,14,16-17H2,(H,25,29)(H,26,28). The summed E-state index contributed by atoms with van der Waals surface area (Å²) in [6, 6.07) is 21.1. The molecule has 3 aromatic rings. The average molecular weight is 436 g/mol. The third-order valence-corrected chi connectivity index (χ3v) is 6.25. The number of hydrogen-bond donors (Lipinski definition) is 2. The van der Waals surface area contributed by atoms with Crippen molar-refractivity contribution in [3.8, 4) is 0 Å². The molecule has 6 nitrogen and oxygen atoms in total. The van der Waals surface area contributed by atoms with Crippen molar-refractivity contribution in [3.05, 3.63) is 78.8 Å². The number of carbonyl (C=O) groups is 2. The number of nitrogens with one attached hydrogen (secondary N) is 2. The minimum atomic E-state index is -0.297. The van der Waals surface area contributed by atoms with Crippen LogP contribution in [0.1, 0.15) is 18.6 Å². The maximum atomic E-state index is 12.8. The summed E-state index contributed by atoms with van der Waals surface area (Å²) in [5.74, 6) is 0.525. The lowest BCUT2D eigenvalue weighted by molar-refractivity contribution is -0.126. The highest BCUT2D eigenvalue weighted by Crippen LogP contribution is 2.33. The van der Waals surface area contributed by atoms with Crippen LogP contribution in [-0.4, -0.2) is 35.8 Å². The molecule has 0 spiro atoms. The molecule has 1 aromatic heterocycles. The first-order valence-corrected chi connectivity index (χ1v) is 11.2. The van der Waals surface area contributed by atoms with Gasteiger partial charge in [0.15, 0.2) is 0 Å². The van der Waals surface area contributed by atoms with Gasteiger partial charge in [0.1, 0.15) is 5.76 Å². The Balaban J connectivity index is 1.34. The zero-order valence-corrected chi connectivity index (χ0v) is 17.9. The monoisotopic (exact) mass is 435 g/mol. The first-order valence-electron chi connectivity index (χ1n) is 10.3. The minimum Gasteiger partial charge on any atom is -0.467 e. The number of anilines is 1. The Morgan fingerprint density at radius 1 is 1.03 bits per heavy atom. The molecule has 7 heteroatoms. The van der Waals surface area contributed by atoms with Gasteiger partial charge in [-0.1, -0.05) is 42.1 Å². The van der Waals surface area contributed by atoms with Crippen LogP contribution in [0.4, 0.5) is 5.69 Å². The van der Waals surface area contributed by atoms with E-state index in [1.807, 2.05) is 65.6 Å². The van der Waals surface area contributed by atoms with E-state index in [-0.39, 0.29) is 24.4 Å². The Morgan fingerprint density at radius 2 is 1.84 bits per heavy atom. The van der Waals surface area contributed by atoms with E-state index in [9.17, 15) is 9.59 Å². The van der Waals surface area contributed by atoms with E-state index in [2.05, 4.69) is 10.6 Å². The van der Waals surface area contributed by atoms with Gasteiger partial charge < -0.3 is 15.1 Å². The summed E-state index contributed by atoms with van der Waals surface area (Å²) < 4.78 is 5.26. The van der Waals surface area contributed by atoms with Gasteiger partial charge in [0.25, 0.3) is 0 Å². The predicted molar refractivity (Wildman–Crippen MR) is 121 cm³/mol. The van der Waals surface area contributed by atoms with Crippen molar-refractivity contribution in [2.75, 3.05) is 18.4 Å². The van der Waals surface area contributed by atoms with Gasteiger partial charge in [-0.15, -0.1) is 0 Å². The summed E-state index contributed by atoms with van der Waals surface area (Å²) >= 11 is 1.61. The van der Waals surface area contributed by atoms with Crippen molar-refractivity contribution < 1.29 is 14.0 Å². The van der Waals surface area contributed by atoms with E-state index in [0.717, 1.165) is 34.9 Å². The SMILES string of the molecule is O=C(CN1CCCC1C(=O)NCc1ccco1)Nc1ccccc1Sc1ccccc1. The number of para-hydroxylation sites is 1. The molecule has 1 unspecified atom stereocenters.